The van der Waals surface area contributed by atoms with E-state index in [1.54, 1.807) is 30.0 Å². The van der Waals surface area contributed by atoms with Gasteiger partial charge >= 0.3 is 5.97 Å². The van der Waals surface area contributed by atoms with Gasteiger partial charge in [0.15, 0.2) is 0 Å². The summed E-state index contributed by atoms with van der Waals surface area (Å²) < 4.78 is 13.4. The van der Waals surface area contributed by atoms with Gasteiger partial charge in [0.05, 0.1) is 0 Å². The van der Waals surface area contributed by atoms with E-state index in [-0.39, 0.29) is 18.1 Å². The summed E-state index contributed by atoms with van der Waals surface area (Å²) >= 11 is 2.82. The van der Waals surface area contributed by atoms with Crippen molar-refractivity contribution in [2.45, 2.75) is 17.4 Å². The second-order valence-corrected chi connectivity index (χ2v) is 6.83. The topological polar surface area (TPSA) is 57.6 Å². The van der Waals surface area contributed by atoms with Crippen molar-refractivity contribution in [2.75, 3.05) is 23.8 Å². The fraction of sp³-hybridized carbons (Fsp3) is 0.429. The van der Waals surface area contributed by atoms with Crippen LogP contribution in [0.15, 0.2) is 29.2 Å². The quantitative estimate of drug-likeness (QED) is 0.840. The zero-order chi connectivity index (χ0) is 15.2. The van der Waals surface area contributed by atoms with Crippen LogP contribution in [0.3, 0.4) is 0 Å². The van der Waals surface area contributed by atoms with E-state index in [2.05, 4.69) is 0 Å². The fourth-order valence-corrected chi connectivity index (χ4v) is 3.98. The number of carboxylic acids is 1. The predicted octanol–water partition coefficient (Wildman–Crippen LogP) is 2.34. The standard InChI is InChI=1S/C14H16FNO3S2/c15-10-3-1-2-4-12(10)21-7-5-13(17)16-6-8-20-9-11(16)14(18)19/h1-4,11H,5-9H2,(H,18,19). The van der Waals surface area contributed by atoms with E-state index in [1.165, 1.54) is 22.7 Å². The molecule has 1 aromatic carbocycles. The molecule has 4 nitrogen and oxygen atoms in total. The van der Waals surface area contributed by atoms with Crippen LogP contribution in [0.1, 0.15) is 6.42 Å². The number of aliphatic carboxylic acids is 1. The molecule has 0 aliphatic carbocycles. The Morgan fingerprint density at radius 1 is 1.43 bits per heavy atom. The zero-order valence-corrected chi connectivity index (χ0v) is 13.0. The van der Waals surface area contributed by atoms with Gasteiger partial charge in [-0.2, -0.15) is 11.8 Å². The van der Waals surface area contributed by atoms with Crippen LogP contribution in [0.4, 0.5) is 4.39 Å². The Balaban J connectivity index is 1.86. The molecule has 1 aliphatic rings. The van der Waals surface area contributed by atoms with E-state index >= 15 is 0 Å². The van der Waals surface area contributed by atoms with Crippen molar-refractivity contribution >= 4 is 35.4 Å². The maximum Gasteiger partial charge on any atom is 0.327 e. The summed E-state index contributed by atoms with van der Waals surface area (Å²) in [4.78, 5) is 25.2. The van der Waals surface area contributed by atoms with E-state index in [4.69, 9.17) is 5.11 Å². The molecule has 0 spiro atoms. The number of carbonyl (C=O) groups excluding carboxylic acids is 1. The smallest absolute Gasteiger partial charge is 0.327 e. The summed E-state index contributed by atoms with van der Waals surface area (Å²) in [6.45, 7) is 0.463. The molecule has 1 atom stereocenters. The Morgan fingerprint density at radius 3 is 2.90 bits per heavy atom. The number of hydrogen-bond acceptors (Lipinski definition) is 4. The molecule has 0 bridgehead atoms. The molecule has 0 saturated carbocycles. The van der Waals surface area contributed by atoms with Crippen molar-refractivity contribution in [3.05, 3.63) is 30.1 Å². The van der Waals surface area contributed by atoms with Crippen molar-refractivity contribution in [1.82, 2.24) is 4.90 Å². The molecule has 1 heterocycles. The fourth-order valence-electron chi connectivity index (χ4n) is 2.06. The Kier molecular flexibility index (Phi) is 5.93. The lowest BCUT2D eigenvalue weighted by atomic mass is 10.2. The number of carboxylic acid groups (broad SMARTS) is 1. The highest BCUT2D eigenvalue weighted by molar-refractivity contribution is 7.99. The van der Waals surface area contributed by atoms with E-state index in [9.17, 15) is 14.0 Å². The minimum absolute atomic E-state index is 0.175. The van der Waals surface area contributed by atoms with Crippen LogP contribution in [0.25, 0.3) is 0 Å². The van der Waals surface area contributed by atoms with E-state index < -0.39 is 12.0 Å². The summed E-state index contributed by atoms with van der Waals surface area (Å²) in [5.41, 5.74) is 0. The molecule has 7 heteroatoms. The Morgan fingerprint density at radius 2 is 2.19 bits per heavy atom. The molecule has 21 heavy (non-hydrogen) atoms. The lowest BCUT2D eigenvalue weighted by molar-refractivity contribution is -0.149. The third kappa shape index (κ3) is 4.38. The summed E-state index contributed by atoms with van der Waals surface area (Å²) in [6, 6.07) is 5.67. The molecule has 1 aromatic rings. The van der Waals surface area contributed by atoms with Crippen LogP contribution in [0.5, 0.6) is 0 Å². The maximum absolute atomic E-state index is 13.4. The Labute approximate surface area is 131 Å². The molecule has 1 fully saturated rings. The first-order valence-electron chi connectivity index (χ1n) is 6.57. The minimum atomic E-state index is -0.961. The molecule has 1 unspecified atom stereocenters. The van der Waals surface area contributed by atoms with E-state index in [1.807, 2.05) is 0 Å². The highest BCUT2D eigenvalue weighted by Crippen LogP contribution is 2.23. The molecule has 1 aliphatic heterocycles. The van der Waals surface area contributed by atoms with Gasteiger partial charge in [0, 0.05) is 35.1 Å². The second kappa shape index (κ2) is 7.70. The van der Waals surface area contributed by atoms with Crippen molar-refractivity contribution in [1.29, 1.82) is 0 Å². The lowest BCUT2D eigenvalue weighted by Crippen LogP contribution is -2.50. The number of carbonyl (C=O) groups is 2. The highest BCUT2D eigenvalue weighted by atomic mass is 32.2. The summed E-state index contributed by atoms with van der Waals surface area (Å²) in [5, 5.41) is 9.14. The third-order valence-electron chi connectivity index (χ3n) is 3.14. The van der Waals surface area contributed by atoms with Gasteiger partial charge < -0.3 is 10.0 Å². The Bertz CT molecular complexity index is 527. The van der Waals surface area contributed by atoms with Crippen LogP contribution in [-0.4, -0.2) is 51.7 Å². The molecular weight excluding hydrogens is 313 g/mol. The molecule has 1 saturated heterocycles. The summed E-state index contributed by atoms with van der Waals surface area (Å²) in [5.74, 6) is 0.198. The van der Waals surface area contributed by atoms with E-state index in [0.717, 1.165) is 5.75 Å². The number of benzene rings is 1. The van der Waals surface area contributed by atoms with Crippen molar-refractivity contribution < 1.29 is 19.1 Å². The number of hydrogen-bond donors (Lipinski definition) is 1. The first kappa shape index (κ1) is 16.2. The molecule has 0 aromatic heterocycles. The first-order valence-corrected chi connectivity index (χ1v) is 8.71. The molecule has 0 radical (unpaired) electrons. The van der Waals surface area contributed by atoms with Gasteiger partial charge in [-0.1, -0.05) is 12.1 Å². The average molecular weight is 329 g/mol. The molecular formula is C14H16FNO3S2. The highest BCUT2D eigenvalue weighted by Gasteiger charge is 2.31. The lowest BCUT2D eigenvalue weighted by Gasteiger charge is -2.32. The van der Waals surface area contributed by atoms with Crippen LogP contribution in [0, 0.1) is 5.82 Å². The van der Waals surface area contributed by atoms with Crippen molar-refractivity contribution in [3.63, 3.8) is 0 Å². The average Bonchev–Trinajstić information content (AvgIpc) is 2.49. The number of halogens is 1. The normalized spacial score (nSPS) is 18.5. The predicted molar refractivity (Wildman–Crippen MR) is 82.2 cm³/mol. The SMILES string of the molecule is O=C(O)C1CSCCN1C(=O)CCSc1ccccc1F. The number of rotatable bonds is 5. The van der Waals surface area contributed by atoms with Gasteiger partial charge in [-0.3, -0.25) is 4.79 Å². The largest absolute Gasteiger partial charge is 0.480 e. The number of amides is 1. The van der Waals surface area contributed by atoms with Gasteiger partial charge in [0.25, 0.3) is 0 Å². The summed E-state index contributed by atoms with van der Waals surface area (Å²) in [7, 11) is 0. The van der Waals surface area contributed by atoms with Gasteiger partial charge in [0.2, 0.25) is 5.91 Å². The molecule has 2 rings (SSSR count). The monoisotopic (exact) mass is 329 g/mol. The molecule has 1 amide bonds. The van der Waals surface area contributed by atoms with Gasteiger partial charge in [-0.25, -0.2) is 9.18 Å². The molecule has 1 N–H and O–H groups in total. The summed E-state index contributed by atoms with van der Waals surface area (Å²) in [6.07, 6.45) is 0.216. The van der Waals surface area contributed by atoms with E-state index in [0.29, 0.717) is 22.9 Å². The third-order valence-corrected chi connectivity index (χ3v) is 5.22. The molecule has 114 valence electrons. The van der Waals surface area contributed by atoms with Crippen LogP contribution < -0.4 is 0 Å². The van der Waals surface area contributed by atoms with Crippen LogP contribution >= 0.6 is 23.5 Å². The van der Waals surface area contributed by atoms with Crippen LogP contribution in [0.2, 0.25) is 0 Å². The minimum Gasteiger partial charge on any atom is -0.480 e. The van der Waals surface area contributed by atoms with Gasteiger partial charge in [-0.05, 0) is 12.1 Å². The second-order valence-electron chi connectivity index (χ2n) is 4.54. The Hall–Kier alpha value is -1.21. The van der Waals surface area contributed by atoms with Crippen molar-refractivity contribution in [2.24, 2.45) is 0 Å². The zero-order valence-electron chi connectivity index (χ0n) is 11.3. The maximum atomic E-state index is 13.4. The van der Waals surface area contributed by atoms with Gasteiger partial charge in [0.1, 0.15) is 11.9 Å². The number of thioether (sulfide) groups is 2. The number of nitrogens with zero attached hydrogens (tertiary/aromatic N) is 1. The first-order chi connectivity index (χ1) is 10.1. The van der Waals surface area contributed by atoms with Gasteiger partial charge in [-0.15, -0.1) is 11.8 Å². The van der Waals surface area contributed by atoms with Crippen molar-refractivity contribution in [3.8, 4) is 0 Å². The van der Waals surface area contributed by atoms with Crippen LogP contribution in [-0.2, 0) is 9.59 Å².